The van der Waals surface area contributed by atoms with Crippen LogP contribution < -0.4 is 10.1 Å². The summed E-state index contributed by atoms with van der Waals surface area (Å²) in [4.78, 5) is 19.9. The number of amides is 1. The minimum atomic E-state index is -0.643. The maximum absolute atomic E-state index is 12.9. The molecule has 0 aliphatic carbocycles. The Kier molecular flexibility index (Phi) is 3.79. The van der Waals surface area contributed by atoms with E-state index < -0.39 is 17.5 Å². The molecule has 7 heteroatoms. The molecule has 1 aromatic carbocycles. The van der Waals surface area contributed by atoms with Crippen molar-refractivity contribution in [2.45, 2.75) is 6.92 Å². The molecule has 0 fully saturated rings. The molecule has 0 unspecified atom stereocenters. The van der Waals surface area contributed by atoms with Crippen molar-refractivity contribution in [2.75, 3.05) is 12.4 Å². The molecular formula is C13H12FN3O3. The van der Waals surface area contributed by atoms with Crippen LogP contribution in [0, 0.1) is 12.7 Å². The number of anilines is 1. The largest absolute Gasteiger partial charge is 0.507 e. The number of halogens is 1. The van der Waals surface area contributed by atoms with E-state index in [9.17, 15) is 14.3 Å². The molecule has 1 aromatic heterocycles. The van der Waals surface area contributed by atoms with Gasteiger partial charge in [-0.15, -0.1) is 0 Å². The Morgan fingerprint density at radius 1 is 1.35 bits per heavy atom. The van der Waals surface area contributed by atoms with E-state index in [4.69, 9.17) is 4.74 Å². The van der Waals surface area contributed by atoms with Gasteiger partial charge in [-0.2, -0.15) is 4.98 Å². The third kappa shape index (κ3) is 3.00. The third-order valence-electron chi connectivity index (χ3n) is 2.47. The van der Waals surface area contributed by atoms with Crippen molar-refractivity contribution in [1.29, 1.82) is 0 Å². The molecule has 20 heavy (non-hydrogen) atoms. The van der Waals surface area contributed by atoms with Gasteiger partial charge in [0, 0.05) is 17.8 Å². The number of benzene rings is 1. The van der Waals surface area contributed by atoms with Gasteiger partial charge in [-0.1, -0.05) is 0 Å². The normalized spacial score (nSPS) is 10.2. The van der Waals surface area contributed by atoms with Gasteiger partial charge in [0.2, 0.25) is 11.8 Å². The van der Waals surface area contributed by atoms with E-state index >= 15 is 0 Å². The van der Waals surface area contributed by atoms with E-state index in [0.717, 1.165) is 12.1 Å². The second kappa shape index (κ2) is 5.52. The van der Waals surface area contributed by atoms with Gasteiger partial charge in [0.15, 0.2) is 0 Å². The summed E-state index contributed by atoms with van der Waals surface area (Å²) in [6, 6.07) is 4.71. The van der Waals surface area contributed by atoms with Gasteiger partial charge in [-0.25, -0.2) is 9.37 Å². The lowest BCUT2D eigenvalue weighted by molar-refractivity contribution is 0.102. The van der Waals surface area contributed by atoms with Crippen LogP contribution in [0.4, 0.5) is 10.3 Å². The molecule has 104 valence electrons. The number of phenolic OH excluding ortho intramolecular Hbond substituents is 1. The van der Waals surface area contributed by atoms with Gasteiger partial charge in [0.1, 0.15) is 11.6 Å². The van der Waals surface area contributed by atoms with Crippen molar-refractivity contribution < 1.29 is 19.0 Å². The van der Waals surface area contributed by atoms with Crippen LogP contribution in [0.5, 0.6) is 11.6 Å². The standard InChI is InChI=1S/C13H12FN3O3/c1-7-5-11(20-2)16-13(15-7)17-12(19)9-4-3-8(14)6-10(9)18/h3-6,18H,1-2H3,(H,15,16,17,19). The summed E-state index contributed by atoms with van der Waals surface area (Å²) >= 11 is 0. The highest BCUT2D eigenvalue weighted by atomic mass is 19.1. The van der Waals surface area contributed by atoms with Crippen molar-refractivity contribution in [2.24, 2.45) is 0 Å². The smallest absolute Gasteiger partial charge is 0.261 e. The first-order valence-corrected chi connectivity index (χ1v) is 5.69. The Morgan fingerprint density at radius 2 is 2.10 bits per heavy atom. The van der Waals surface area contributed by atoms with Crippen molar-refractivity contribution in [1.82, 2.24) is 9.97 Å². The van der Waals surface area contributed by atoms with Crippen LogP contribution in [-0.2, 0) is 0 Å². The molecule has 2 rings (SSSR count). The summed E-state index contributed by atoms with van der Waals surface area (Å²) in [6.45, 7) is 1.72. The maximum Gasteiger partial charge on any atom is 0.261 e. The van der Waals surface area contributed by atoms with Crippen LogP contribution in [0.1, 0.15) is 16.1 Å². The number of ether oxygens (including phenoxy) is 1. The Morgan fingerprint density at radius 3 is 2.75 bits per heavy atom. The van der Waals surface area contributed by atoms with Gasteiger partial charge < -0.3 is 9.84 Å². The molecule has 0 aliphatic rings. The summed E-state index contributed by atoms with van der Waals surface area (Å²) in [5.74, 6) is -1.39. The second-order valence-electron chi connectivity index (χ2n) is 3.99. The lowest BCUT2D eigenvalue weighted by atomic mass is 10.2. The molecule has 2 N–H and O–H groups in total. The monoisotopic (exact) mass is 277 g/mol. The highest BCUT2D eigenvalue weighted by Gasteiger charge is 2.14. The number of nitrogens with one attached hydrogen (secondary N) is 1. The van der Waals surface area contributed by atoms with Gasteiger partial charge in [-0.3, -0.25) is 10.1 Å². The number of methoxy groups -OCH3 is 1. The number of aryl methyl sites for hydroxylation is 1. The number of hydrogen-bond acceptors (Lipinski definition) is 5. The van der Waals surface area contributed by atoms with E-state index in [1.807, 2.05) is 0 Å². The number of hydrogen-bond donors (Lipinski definition) is 2. The van der Waals surface area contributed by atoms with Gasteiger partial charge in [-0.05, 0) is 19.1 Å². The molecule has 6 nitrogen and oxygen atoms in total. The highest BCUT2D eigenvalue weighted by molar-refractivity contribution is 6.05. The Labute approximate surface area is 114 Å². The summed E-state index contributed by atoms with van der Waals surface area (Å²) in [6.07, 6.45) is 0. The predicted molar refractivity (Wildman–Crippen MR) is 69.3 cm³/mol. The van der Waals surface area contributed by atoms with Crippen LogP contribution in [-0.4, -0.2) is 28.1 Å². The lowest BCUT2D eigenvalue weighted by Crippen LogP contribution is -2.15. The lowest BCUT2D eigenvalue weighted by Gasteiger charge is -2.07. The minimum Gasteiger partial charge on any atom is -0.507 e. The van der Waals surface area contributed by atoms with Crippen LogP contribution in [0.2, 0.25) is 0 Å². The fraction of sp³-hybridized carbons (Fsp3) is 0.154. The molecule has 2 aromatic rings. The maximum atomic E-state index is 12.9. The Balaban J connectivity index is 2.25. The van der Waals surface area contributed by atoms with Crippen LogP contribution >= 0.6 is 0 Å². The number of nitrogens with zero attached hydrogens (tertiary/aromatic N) is 2. The quantitative estimate of drug-likeness (QED) is 0.895. The zero-order valence-electron chi connectivity index (χ0n) is 10.8. The van der Waals surface area contributed by atoms with Gasteiger partial charge >= 0.3 is 0 Å². The van der Waals surface area contributed by atoms with E-state index in [2.05, 4.69) is 15.3 Å². The zero-order valence-corrected chi connectivity index (χ0v) is 10.8. The van der Waals surface area contributed by atoms with Crippen molar-refractivity contribution in [3.05, 3.63) is 41.3 Å². The fourth-order valence-corrected chi connectivity index (χ4v) is 1.57. The third-order valence-corrected chi connectivity index (χ3v) is 2.47. The van der Waals surface area contributed by atoms with Gasteiger partial charge in [0.05, 0.1) is 12.7 Å². The predicted octanol–water partition coefficient (Wildman–Crippen LogP) is 1.89. The zero-order chi connectivity index (χ0) is 14.7. The molecule has 0 bridgehead atoms. The Bertz CT molecular complexity index is 661. The molecule has 0 aliphatic heterocycles. The van der Waals surface area contributed by atoms with Crippen molar-refractivity contribution in [3.8, 4) is 11.6 Å². The number of carbonyl (C=O) groups excluding carboxylic acids is 1. The summed E-state index contributed by atoms with van der Waals surface area (Å²) in [5, 5.41) is 11.9. The second-order valence-corrected chi connectivity index (χ2v) is 3.99. The molecule has 0 saturated heterocycles. The molecule has 1 heterocycles. The van der Waals surface area contributed by atoms with Crippen LogP contribution in [0.25, 0.3) is 0 Å². The number of phenols is 1. The SMILES string of the molecule is COc1cc(C)nc(NC(=O)c2ccc(F)cc2O)n1. The summed E-state index contributed by atoms with van der Waals surface area (Å²) in [7, 11) is 1.44. The summed E-state index contributed by atoms with van der Waals surface area (Å²) < 4.78 is 17.8. The minimum absolute atomic E-state index is 0.0376. The molecule has 1 amide bonds. The fourth-order valence-electron chi connectivity index (χ4n) is 1.57. The van der Waals surface area contributed by atoms with Crippen LogP contribution in [0.15, 0.2) is 24.3 Å². The number of aromatic nitrogens is 2. The van der Waals surface area contributed by atoms with Crippen molar-refractivity contribution in [3.63, 3.8) is 0 Å². The Hall–Kier alpha value is -2.70. The van der Waals surface area contributed by atoms with E-state index in [0.29, 0.717) is 11.6 Å². The first-order chi connectivity index (χ1) is 9.49. The van der Waals surface area contributed by atoms with Crippen LogP contribution in [0.3, 0.4) is 0 Å². The van der Waals surface area contributed by atoms with E-state index in [1.165, 1.54) is 13.2 Å². The molecular weight excluding hydrogens is 265 g/mol. The molecule has 0 radical (unpaired) electrons. The molecule has 0 saturated carbocycles. The number of rotatable bonds is 3. The van der Waals surface area contributed by atoms with Crippen molar-refractivity contribution >= 4 is 11.9 Å². The highest BCUT2D eigenvalue weighted by Crippen LogP contribution is 2.19. The average Bonchev–Trinajstić information content (AvgIpc) is 2.37. The van der Waals surface area contributed by atoms with E-state index in [1.54, 1.807) is 13.0 Å². The molecule has 0 atom stereocenters. The molecule has 0 spiro atoms. The average molecular weight is 277 g/mol. The van der Waals surface area contributed by atoms with Gasteiger partial charge in [0.25, 0.3) is 5.91 Å². The first-order valence-electron chi connectivity index (χ1n) is 5.69. The number of aromatic hydroxyl groups is 1. The number of carbonyl (C=O) groups is 1. The topological polar surface area (TPSA) is 84.3 Å². The van der Waals surface area contributed by atoms with E-state index in [-0.39, 0.29) is 11.5 Å². The summed E-state index contributed by atoms with van der Waals surface area (Å²) in [5.41, 5.74) is 0.533. The first kappa shape index (κ1) is 13.7.